The summed E-state index contributed by atoms with van der Waals surface area (Å²) in [7, 11) is 3.54. The van der Waals surface area contributed by atoms with Gasteiger partial charge in [-0.1, -0.05) is 17.7 Å². The van der Waals surface area contributed by atoms with Crippen molar-refractivity contribution in [3.8, 4) is 5.75 Å². The lowest BCUT2D eigenvalue weighted by atomic mass is 9.99. The molecule has 0 spiro atoms. The third kappa shape index (κ3) is 2.77. The van der Waals surface area contributed by atoms with Crippen molar-refractivity contribution in [3.05, 3.63) is 51.9 Å². The van der Waals surface area contributed by atoms with Crippen molar-refractivity contribution in [2.45, 2.75) is 19.9 Å². The van der Waals surface area contributed by atoms with Crippen LogP contribution in [0.1, 0.15) is 28.7 Å². The smallest absolute Gasteiger partial charge is 0.120 e. The van der Waals surface area contributed by atoms with Crippen molar-refractivity contribution >= 4 is 11.6 Å². The van der Waals surface area contributed by atoms with E-state index in [1.807, 2.05) is 45.2 Å². The molecule has 1 unspecified atom stereocenters. The molecular formula is C15H18ClNO2. The van der Waals surface area contributed by atoms with E-state index in [4.69, 9.17) is 20.8 Å². The van der Waals surface area contributed by atoms with Gasteiger partial charge in [0.2, 0.25) is 0 Å². The molecule has 0 aliphatic rings. The number of ether oxygens (including phenoxy) is 1. The van der Waals surface area contributed by atoms with Gasteiger partial charge in [-0.2, -0.15) is 0 Å². The molecule has 0 fully saturated rings. The molecule has 2 rings (SSSR count). The van der Waals surface area contributed by atoms with Gasteiger partial charge in [0, 0.05) is 10.6 Å². The summed E-state index contributed by atoms with van der Waals surface area (Å²) in [5.41, 5.74) is 2.11. The molecule has 1 heterocycles. The van der Waals surface area contributed by atoms with Crippen LogP contribution in [0.4, 0.5) is 0 Å². The highest BCUT2D eigenvalue weighted by molar-refractivity contribution is 6.31. The number of aryl methyl sites for hydroxylation is 2. The minimum Gasteiger partial charge on any atom is -0.497 e. The van der Waals surface area contributed by atoms with Gasteiger partial charge >= 0.3 is 0 Å². The van der Waals surface area contributed by atoms with Crippen LogP contribution < -0.4 is 10.1 Å². The molecule has 0 aliphatic heterocycles. The number of furan rings is 1. The van der Waals surface area contributed by atoms with E-state index in [9.17, 15) is 0 Å². The molecular weight excluding hydrogens is 262 g/mol. The Morgan fingerprint density at radius 1 is 1.21 bits per heavy atom. The maximum absolute atomic E-state index is 6.34. The molecule has 3 nitrogen and oxygen atoms in total. The Morgan fingerprint density at radius 3 is 2.42 bits per heavy atom. The number of methoxy groups -OCH3 is 1. The summed E-state index contributed by atoms with van der Waals surface area (Å²) in [6.45, 7) is 3.91. The van der Waals surface area contributed by atoms with Crippen LogP contribution in [0.15, 0.2) is 28.7 Å². The van der Waals surface area contributed by atoms with Gasteiger partial charge in [0.05, 0.1) is 13.2 Å². The first-order valence-electron chi connectivity index (χ1n) is 6.14. The minimum atomic E-state index is 0.0101. The normalized spacial score (nSPS) is 12.5. The van der Waals surface area contributed by atoms with E-state index in [2.05, 4.69) is 5.32 Å². The van der Waals surface area contributed by atoms with Crippen LogP contribution in [0, 0.1) is 13.8 Å². The largest absolute Gasteiger partial charge is 0.497 e. The van der Waals surface area contributed by atoms with Crippen LogP contribution in [-0.4, -0.2) is 14.2 Å². The molecule has 2 aromatic rings. The highest BCUT2D eigenvalue weighted by atomic mass is 35.5. The van der Waals surface area contributed by atoms with Crippen LogP contribution >= 0.6 is 11.6 Å². The zero-order chi connectivity index (χ0) is 14.0. The Hall–Kier alpha value is -1.45. The van der Waals surface area contributed by atoms with E-state index in [1.54, 1.807) is 7.11 Å². The lowest BCUT2D eigenvalue weighted by Crippen LogP contribution is -2.18. The minimum absolute atomic E-state index is 0.0101. The summed E-state index contributed by atoms with van der Waals surface area (Å²) in [6.07, 6.45) is 0. The van der Waals surface area contributed by atoms with Gasteiger partial charge in [-0.05, 0) is 44.7 Å². The maximum Gasteiger partial charge on any atom is 0.120 e. The Kier molecular flexibility index (Phi) is 4.17. The second kappa shape index (κ2) is 5.68. The molecule has 0 radical (unpaired) electrons. The quantitative estimate of drug-likeness (QED) is 0.923. The average Bonchev–Trinajstić information content (AvgIpc) is 2.71. The Morgan fingerprint density at radius 2 is 1.95 bits per heavy atom. The van der Waals surface area contributed by atoms with Crippen molar-refractivity contribution in [3.63, 3.8) is 0 Å². The Bertz CT molecular complexity index is 578. The topological polar surface area (TPSA) is 34.4 Å². The Labute approximate surface area is 118 Å². The van der Waals surface area contributed by atoms with Gasteiger partial charge < -0.3 is 14.5 Å². The van der Waals surface area contributed by atoms with Crippen LogP contribution in [0.5, 0.6) is 5.75 Å². The zero-order valence-corrected chi connectivity index (χ0v) is 12.3. The molecule has 0 aliphatic carbocycles. The predicted octanol–water partition coefficient (Wildman–Crippen LogP) is 3.87. The highest BCUT2D eigenvalue weighted by Crippen LogP contribution is 2.33. The molecule has 0 saturated heterocycles. The summed E-state index contributed by atoms with van der Waals surface area (Å²) in [5, 5.41) is 3.96. The number of halogens is 1. The van der Waals surface area contributed by atoms with Gasteiger partial charge in [0.25, 0.3) is 0 Å². The van der Waals surface area contributed by atoms with Crippen molar-refractivity contribution < 1.29 is 9.15 Å². The van der Waals surface area contributed by atoms with Crippen molar-refractivity contribution in [1.29, 1.82) is 0 Å². The second-order valence-electron chi connectivity index (χ2n) is 4.48. The third-order valence-electron chi connectivity index (χ3n) is 3.20. The predicted molar refractivity (Wildman–Crippen MR) is 77.1 cm³/mol. The van der Waals surface area contributed by atoms with E-state index in [0.717, 1.165) is 28.4 Å². The van der Waals surface area contributed by atoms with Crippen molar-refractivity contribution in [2.75, 3.05) is 14.2 Å². The summed E-state index contributed by atoms with van der Waals surface area (Å²) < 4.78 is 10.8. The highest BCUT2D eigenvalue weighted by Gasteiger charge is 2.20. The number of nitrogens with one attached hydrogen (secondary N) is 1. The monoisotopic (exact) mass is 279 g/mol. The number of hydrogen-bond acceptors (Lipinski definition) is 3. The summed E-state index contributed by atoms with van der Waals surface area (Å²) in [5.74, 6) is 2.56. The van der Waals surface area contributed by atoms with Crippen LogP contribution in [0.2, 0.25) is 5.02 Å². The summed E-state index contributed by atoms with van der Waals surface area (Å²) in [4.78, 5) is 0. The Balaban J connectivity index is 2.45. The fourth-order valence-corrected chi connectivity index (χ4v) is 2.56. The number of hydrogen-bond donors (Lipinski definition) is 1. The molecule has 102 valence electrons. The van der Waals surface area contributed by atoms with Gasteiger partial charge in [-0.3, -0.25) is 0 Å². The van der Waals surface area contributed by atoms with Crippen molar-refractivity contribution in [1.82, 2.24) is 5.32 Å². The van der Waals surface area contributed by atoms with E-state index in [0.29, 0.717) is 5.02 Å². The first-order chi connectivity index (χ1) is 9.06. The first-order valence-corrected chi connectivity index (χ1v) is 6.52. The second-order valence-corrected chi connectivity index (χ2v) is 4.88. The molecule has 1 N–H and O–H groups in total. The van der Waals surface area contributed by atoms with Crippen LogP contribution in [0.25, 0.3) is 0 Å². The molecule has 0 saturated carbocycles. The average molecular weight is 280 g/mol. The number of rotatable bonds is 4. The number of benzene rings is 1. The first kappa shape index (κ1) is 14.0. The van der Waals surface area contributed by atoms with Gasteiger partial charge in [0.15, 0.2) is 0 Å². The molecule has 1 aromatic heterocycles. The standard InChI is InChI=1S/C15H18ClNO2/c1-9-7-13(10(2)19-9)15(17-3)12-6-5-11(18-4)8-14(12)16/h5-8,15,17H,1-4H3. The zero-order valence-electron chi connectivity index (χ0n) is 11.6. The lowest BCUT2D eigenvalue weighted by Gasteiger charge is -2.18. The van der Waals surface area contributed by atoms with Crippen molar-refractivity contribution in [2.24, 2.45) is 0 Å². The van der Waals surface area contributed by atoms with E-state index in [1.165, 1.54) is 0 Å². The third-order valence-corrected chi connectivity index (χ3v) is 3.53. The molecule has 0 amide bonds. The summed E-state index contributed by atoms with van der Waals surface area (Å²) >= 11 is 6.34. The van der Waals surface area contributed by atoms with E-state index in [-0.39, 0.29) is 6.04 Å². The van der Waals surface area contributed by atoms with Gasteiger partial charge in [-0.15, -0.1) is 0 Å². The molecule has 1 aromatic carbocycles. The van der Waals surface area contributed by atoms with Gasteiger partial charge in [0.1, 0.15) is 17.3 Å². The maximum atomic E-state index is 6.34. The fourth-order valence-electron chi connectivity index (χ4n) is 2.28. The molecule has 4 heteroatoms. The molecule has 19 heavy (non-hydrogen) atoms. The van der Waals surface area contributed by atoms with E-state index >= 15 is 0 Å². The van der Waals surface area contributed by atoms with Crippen LogP contribution in [0.3, 0.4) is 0 Å². The van der Waals surface area contributed by atoms with Crippen LogP contribution in [-0.2, 0) is 0 Å². The molecule has 0 bridgehead atoms. The molecule has 1 atom stereocenters. The summed E-state index contributed by atoms with van der Waals surface area (Å²) in [6, 6.07) is 7.76. The SMILES string of the molecule is CNC(c1ccc(OC)cc1Cl)c1cc(C)oc1C. The van der Waals surface area contributed by atoms with E-state index < -0.39 is 0 Å². The van der Waals surface area contributed by atoms with Gasteiger partial charge in [-0.25, -0.2) is 0 Å². The lowest BCUT2D eigenvalue weighted by molar-refractivity contribution is 0.414. The fraction of sp³-hybridized carbons (Fsp3) is 0.333.